The van der Waals surface area contributed by atoms with E-state index >= 15 is 0 Å². The number of nitro benzene ring substituents is 1. The van der Waals surface area contributed by atoms with Gasteiger partial charge in [-0.1, -0.05) is 29.8 Å². The molecule has 1 atom stereocenters. The van der Waals surface area contributed by atoms with Crippen LogP contribution in [0, 0.1) is 15.9 Å². The smallest absolute Gasteiger partial charge is 0.345 e. The summed E-state index contributed by atoms with van der Waals surface area (Å²) in [6.07, 6.45) is 0.420. The number of rotatable bonds is 5. The fourth-order valence-electron chi connectivity index (χ4n) is 4.99. The van der Waals surface area contributed by atoms with Crippen LogP contribution in [0.15, 0.2) is 98.6 Å². The molecule has 0 aliphatic carbocycles. The largest absolute Gasteiger partial charge is 0.422 e. The molecule has 0 radical (unpaired) electrons. The highest BCUT2D eigenvalue weighted by Gasteiger charge is 2.34. The topological polar surface area (TPSA) is 115 Å². The Morgan fingerprint density at radius 2 is 1.83 bits per heavy atom. The van der Waals surface area contributed by atoms with E-state index in [9.17, 15) is 19.3 Å². The van der Waals surface area contributed by atoms with Gasteiger partial charge in [0.15, 0.2) is 0 Å². The third-order valence-electron chi connectivity index (χ3n) is 7.04. The molecule has 0 saturated carbocycles. The van der Waals surface area contributed by atoms with Crippen molar-refractivity contribution in [2.24, 2.45) is 5.10 Å². The summed E-state index contributed by atoms with van der Waals surface area (Å²) < 4.78 is 19.3. The van der Waals surface area contributed by atoms with Gasteiger partial charge >= 0.3 is 5.63 Å². The Hall–Kier alpha value is -5.00. The number of non-ortho nitro benzene ring substituents is 1. The van der Waals surface area contributed by atoms with E-state index in [-0.39, 0.29) is 16.8 Å². The van der Waals surface area contributed by atoms with Gasteiger partial charge in [-0.25, -0.2) is 24.2 Å². The predicted octanol–water partition coefficient (Wildman–Crippen LogP) is 7.52. The number of anilines is 1. The van der Waals surface area contributed by atoms with Crippen LogP contribution in [0.4, 0.5) is 15.2 Å². The zero-order valence-corrected chi connectivity index (χ0v) is 23.0. The van der Waals surface area contributed by atoms with Gasteiger partial charge in [-0.2, -0.15) is 5.10 Å². The Balaban J connectivity index is 1.32. The first-order valence-corrected chi connectivity index (χ1v) is 14.0. The highest BCUT2D eigenvalue weighted by atomic mass is 35.5. The molecule has 0 N–H and O–H groups in total. The average molecular weight is 598 g/mol. The Labute approximate surface area is 245 Å². The fourth-order valence-corrected chi connectivity index (χ4v) is 6.08. The molecule has 1 unspecified atom stereocenters. The number of nitrogens with zero attached hydrogens (tertiary/aromatic N) is 5. The number of hydrazone groups is 1. The van der Waals surface area contributed by atoms with E-state index in [1.807, 2.05) is 30.3 Å². The van der Waals surface area contributed by atoms with Crippen LogP contribution in [0.25, 0.3) is 33.1 Å². The molecule has 1 aliphatic rings. The molecule has 6 aromatic rings. The molecule has 0 amide bonds. The van der Waals surface area contributed by atoms with E-state index in [1.54, 1.807) is 28.6 Å². The normalized spacial score (nSPS) is 15.0. The molecule has 3 aromatic heterocycles. The minimum atomic E-state index is -0.597. The number of hydrogen-bond acceptors (Lipinski definition) is 9. The number of fused-ring (bicyclic) bond motifs is 2. The van der Waals surface area contributed by atoms with Crippen molar-refractivity contribution < 1.29 is 13.7 Å². The van der Waals surface area contributed by atoms with Crippen LogP contribution in [0.1, 0.15) is 23.6 Å². The summed E-state index contributed by atoms with van der Waals surface area (Å²) >= 11 is 7.98. The summed E-state index contributed by atoms with van der Waals surface area (Å²) in [4.78, 5) is 32.8. The highest BCUT2D eigenvalue weighted by Crippen LogP contribution is 2.42. The van der Waals surface area contributed by atoms with Gasteiger partial charge in [0.25, 0.3) is 5.69 Å². The molecule has 3 aromatic carbocycles. The van der Waals surface area contributed by atoms with Crippen LogP contribution in [-0.2, 0) is 0 Å². The van der Waals surface area contributed by atoms with Gasteiger partial charge in [-0.15, -0.1) is 11.3 Å². The number of hydrogen-bond donors (Lipinski definition) is 0. The summed E-state index contributed by atoms with van der Waals surface area (Å²) in [6.45, 7) is 0. The molecule has 7 rings (SSSR count). The number of thiazole rings is 1. The summed E-state index contributed by atoms with van der Waals surface area (Å²) in [5.41, 5.74) is 3.08. The lowest BCUT2D eigenvalue weighted by atomic mass is 9.98. The number of nitro groups is 1. The molecule has 206 valence electrons. The first kappa shape index (κ1) is 25.9. The van der Waals surface area contributed by atoms with Crippen molar-refractivity contribution in [3.63, 3.8) is 0 Å². The number of halogens is 2. The lowest BCUT2D eigenvalue weighted by Crippen LogP contribution is -2.19. The maximum Gasteiger partial charge on any atom is 0.345 e. The average Bonchev–Trinajstić information content (AvgIpc) is 3.65. The summed E-state index contributed by atoms with van der Waals surface area (Å²) in [6, 6.07) is 20.9. The van der Waals surface area contributed by atoms with E-state index < -0.39 is 22.4 Å². The number of benzene rings is 3. The molecule has 4 heterocycles. The third kappa shape index (κ3) is 4.58. The van der Waals surface area contributed by atoms with Crippen LogP contribution in [0.5, 0.6) is 0 Å². The lowest BCUT2D eigenvalue weighted by Gasteiger charge is -2.22. The molecule has 42 heavy (non-hydrogen) atoms. The van der Waals surface area contributed by atoms with Gasteiger partial charge in [-0.05, 0) is 54.1 Å². The Morgan fingerprint density at radius 1 is 1.02 bits per heavy atom. The SMILES string of the molecule is O=c1oc2ccc(F)cc2cc1-c1csc(N2N=C(c3ccc([N+](=O)[O-])cc3)CC2c2cc3ccccc3nc2Cl)n1. The van der Waals surface area contributed by atoms with Gasteiger partial charge in [-0.3, -0.25) is 10.1 Å². The van der Waals surface area contributed by atoms with Gasteiger partial charge in [0, 0.05) is 40.3 Å². The predicted molar refractivity (Wildman–Crippen MR) is 160 cm³/mol. The first-order chi connectivity index (χ1) is 20.3. The van der Waals surface area contributed by atoms with Gasteiger partial charge in [0.1, 0.15) is 16.6 Å². The monoisotopic (exact) mass is 597 g/mol. The summed E-state index contributed by atoms with van der Waals surface area (Å²) in [5.74, 6) is -0.449. The Morgan fingerprint density at radius 3 is 2.64 bits per heavy atom. The zero-order chi connectivity index (χ0) is 29.0. The minimum absolute atomic E-state index is 0.0220. The molecular weight excluding hydrogens is 581 g/mol. The third-order valence-corrected chi connectivity index (χ3v) is 8.18. The molecule has 0 bridgehead atoms. The highest BCUT2D eigenvalue weighted by molar-refractivity contribution is 7.14. The maximum absolute atomic E-state index is 13.8. The summed E-state index contributed by atoms with van der Waals surface area (Å²) in [5, 5.41) is 21.6. The van der Waals surface area contributed by atoms with Crippen molar-refractivity contribution in [2.75, 3.05) is 5.01 Å². The number of pyridine rings is 1. The molecule has 0 fully saturated rings. The second-order valence-corrected chi connectivity index (χ2v) is 10.8. The number of para-hydroxylation sites is 1. The van der Waals surface area contributed by atoms with Gasteiger partial charge in [0.05, 0.1) is 33.5 Å². The second-order valence-electron chi connectivity index (χ2n) is 9.62. The van der Waals surface area contributed by atoms with E-state index in [2.05, 4.69) is 4.98 Å². The zero-order valence-electron chi connectivity index (χ0n) is 21.4. The molecule has 9 nitrogen and oxygen atoms in total. The van der Waals surface area contributed by atoms with Crippen LogP contribution in [-0.4, -0.2) is 20.6 Å². The van der Waals surface area contributed by atoms with E-state index in [1.165, 1.54) is 41.7 Å². The van der Waals surface area contributed by atoms with Crippen molar-refractivity contribution in [3.05, 3.63) is 127 Å². The van der Waals surface area contributed by atoms with Crippen LogP contribution in [0.2, 0.25) is 5.15 Å². The van der Waals surface area contributed by atoms with E-state index in [0.717, 1.165) is 16.5 Å². The fraction of sp³-hybridized carbons (Fsp3) is 0.0667. The van der Waals surface area contributed by atoms with Crippen molar-refractivity contribution in [1.29, 1.82) is 0 Å². The summed E-state index contributed by atoms with van der Waals surface area (Å²) in [7, 11) is 0. The molecular formula is C30H17ClFN5O4S. The standard InChI is InChI=1S/C30H17ClFN5O4S/c31-28-22(12-17-3-1-2-4-23(17)33-28)26-14-24(16-5-8-20(9-6-16)37(39)40)35-36(26)30-34-25(15-42-30)21-13-18-11-19(32)7-10-27(18)41-29(21)38/h1-13,15,26H,14H2. The van der Waals surface area contributed by atoms with Crippen molar-refractivity contribution in [3.8, 4) is 11.3 Å². The van der Waals surface area contributed by atoms with E-state index in [4.69, 9.17) is 26.1 Å². The molecule has 0 saturated heterocycles. The van der Waals surface area contributed by atoms with Crippen molar-refractivity contribution in [2.45, 2.75) is 12.5 Å². The molecule has 0 spiro atoms. The molecule has 12 heteroatoms. The first-order valence-electron chi connectivity index (χ1n) is 12.7. The van der Waals surface area contributed by atoms with Crippen LogP contribution in [0.3, 0.4) is 0 Å². The minimum Gasteiger partial charge on any atom is -0.422 e. The van der Waals surface area contributed by atoms with Gasteiger partial charge < -0.3 is 4.42 Å². The Kier molecular flexibility index (Phi) is 6.25. The van der Waals surface area contributed by atoms with Gasteiger partial charge in [0.2, 0.25) is 5.13 Å². The van der Waals surface area contributed by atoms with Crippen LogP contribution >= 0.6 is 22.9 Å². The van der Waals surface area contributed by atoms with Crippen molar-refractivity contribution >= 4 is 61.3 Å². The lowest BCUT2D eigenvalue weighted by molar-refractivity contribution is -0.384. The van der Waals surface area contributed by atoms with Crippen molar-refractivity contribution in [1.82, 2.24) is 9.97 Å². The second kappa shape index (κ2) is 10.1. The molecule has 1 aliphatic heterocycles. The quantitative estimate of drug-likeness (QED) is 0.0873. The number of aromatic nitrogens is 2. The van der Waals surface area contributed by atoms with Crippen LogP contribution < -0.4 is 10.6 Å². The Bertz CT molecular complexity index is 2130. The van der Waals surface area contributed by atoms with E-state index in [0.29, 0.717) is 39.1 Å². The maximum atomic E-state index is 13.8.